The molecule has 1 aliphatic rings. The van der Waals surface area contributed by atoms with E-state index >= 15 is 0 Å². The van der Waals surface area contributed by atoms with Crippen LogP contribution in [-0.4, -0.2) is 33.6 Å². The van der Waals surface area contributed by atoms with E-state index in [1.807, 2.05) is 19.2 Å². The van der Waals surface area contributed by atoms with E-state index < -0.39 is 11.7 Å². The van der Waals surface area contributed by atoms with Gasteiger partial charge in [0.05, 0.1) is 34.6 Å². The van der Waals surface area contributed by atoms with Crippen molar-refractivity contribution >= 4 is 10.9 Å². The van der Waals surface area contributed by atoms with Crippen LogP contribution in [-0.2, 0) is 19.8 Å². The smallest absolute Gasteiger partial charge is 0.345 e. The highest BCUT2D eigenvalue weighted by Crippen LogP contribution is 2.39. The van der Waals surface area contributed by atoms with Crippen LogP contribution in [0.25, 0.3) is 33.3 Å². The third-order valence-electron chi connectivity index (χ3n) is 6.68. The highest BCUT2D eigenvalue weighted by Gasteiger charge is 2.30. The van der Waals surface area contributed by atoms with Gasteiger partial charge < -0.3 is 10.3 Å². The van der Waals surface area contributed by atoms with Crippen LogP contribution in [0.5, 0.6) is 0 Å². The minimum Gasteiger partial charge on any atom is -0.345 e. The summed E-state index contributed by atoms with van der Waals surface area (Å²) in [5.74, 6) is 0. The summed E-state index contributed by atoms with van der Waals surface area (Å²) in [5, 5.41) is 10.2. The molecule has 0 radical (unpaired) electrons. The lowest BCUT2D eigenvalue weighted by atomic mass is 9.95. The monoisotopic (exact) mass is 475 g/mol. The highest BCUT2D eigenvalue weighted by atomic mass is 19.4. The molecule has 2 aromatic heterocycles. The Morgan fingerprint density at radius 2 is 1.77 bits per heavy atom. The number of benzene rings is 2. The maximum absolute atomic E-state index is 13.1. The third kappa shape index (κ3) is 4.41. The first-order valence-electron chi connectivity index (χ1n) is 11.4. The molecule has 0 amide bonds. The summed E-state index contributed by atoms with van der Waals surface area (Å²) in [4.78, 5) is 7.03. The summed E-state index contributed by atoms with van der Waals surface area (Å²) < 4.78 is 41.5. The van der Waals surface area contributed by atoms with Gasteiger partial charge in [0.15, 0.2) is 0 Å². The van der Waals surface area contributed by atoms with E-state index in [0.717, 1.165) is 65.9 Å². The Balaban J connectivity index is 1.67. The average molecular weight is 476 g/mol. The second kappa shape index (κ2) is 8.84. The van der Waals surface area contributed by atoms with Crippen molar-refractivity contribution in [2.45, 2.75) is 25.2 Å². The molecule has 1 saturated heterocycles. The molecule has 4 aromatic rings. The van der Waals surface area contributed by atoms with Gasteiger partial charge in [-0.15, -0.1) is 0 Å². The molecular formula is C27H24F3N5. The second-order valence-corrected chi connectivity index (χ2v) is 9.02. The number of pyridine rings is 1. The Labute approximate surface area is 201 Å². The zero-order valence-electron chi connectivity index (χ0n) is 19.2. The summed E-state index contributed by atoms with van der Waals surface area (Å²) in [6.45, 7) is 2.54. The standard InChI is InChI=1S/C27H24F3N5/c1-34-22(16-35-11-10-21(32)15-35)12-23-24(34)14-33-26(19-6-8-20(9-7-19)27(28,29)30)25(23)18-4-2-17(13-31)3-5-18/h2-9,12,14,21H,10-11,15-16,32H2,1H3/t21-/m0/s1. The summed E-state index contributed by atoms with van der Waals surface area (Å²) in [5.41, 5.74) is 10.8. The molecule has 5 nitrogen and oxygen atoms in total. The fourth-order valence-corrected chi connectivity index (χ4v) is 4.77. The summed E-state index contributed by atoms with van der Waals surface area (Å²) in [6.07, 6.45) is -1.66. The van der Waals surface area contributed by atoms with Crippen molar-refractivity contribution in [1.82, 2.24) is 14.5 Å². The lowest BCUT2D eigenvalue weighted by Crippen LogP contribution is -2.26. The SMILES string of the molecule is Cn1c(CN2CC[C@H](N)C2)cc2c(-c3ccc(C#N)cc3)c(-c3ccc(C(F)(F)F)cc3)ncc21. The van der Waals surface area contributed by atoms with E-state index in [4.69, 9.17) is 10.7 Å². The first kappa shape index (κ1) is 23.1. The van der Waals surface area contributed by atoms with Crippen LogP contribution < -0.4 is 5.73 Å². The molecular weight excluding hydrogens is 451 g/mol. The van der Waals surface area contributed by atoms with Crippen molar-refractivity contribution in [3.63, 3.8) is 0 Å². The molecule has 5 rings (SSSR count). The maximum atomic E-state index is 13.1. The fourth-order valence-electron chi connectivity index (χ4n) is 4.77. The van der Waals surface area contributed by atoms with Crippen molar-refractivity contribution in [2.75, 3.05) is 13.1 Å². The van der Waals surface area contributed by atoms with Crippen molar-refractivity contribution in [1.29, 1.82) is 5.26 Å². The molecule has 0 spiro atoms. The van der Waals surface area contributed by atoms with Gasteiger partial charge in [-0.2, -0.15) is 18.4 Å². The van der Waals surface area contributed by atoms with Crippen LogP contribution in [0, 0.1) is 11.3 Å². The Kier molecular flexibility index (Phi) is 5.83. The van der Waals surface area contributed by atoms with Crippen LogP contribution in [0.2, 0.25) is 0 Å². The van der Waals surface area contributed by atoms with Gasteiger partial charge in [-0.1, -0.05) is 24.3 Å². The van der Waals surface area contributed by atoms with Crippen LogP contribution in [0.3, 0.4) is 0 Å². The van der Waals surface area contributed by atoms with Gasteiger partial charge in [0.2, 0.25) is 0 Å². The molecule has 8 heteroatoms. The number of aromatic nitrogens is 2. The van der Waals surface area contributed by atoms with Crippen LogP contribution >= 0.6 is 0 Å². The minimum atomic E-state index is -4.40. The van der Waals surface area contributed by atoms with Gasteiger partial charge in [0, 0.05) is 54.9 Å². The number of hydrogen-bond donors (Lipinski definition) is 1. The number of hydrogen-bond acceptors (Lipinski definition) is 4. The number of alkyl halides is 3. The van der Waals surface area contributed by atoms with Gasteiger partial charge in [-0.25, -0.2) is 0 Å². The number of rotatable bonds is 4. The predicted octanol–water partition coefficient (Wildman–Crippen LogP) is 5.33. The van der Waals surface area contributed by atoms with Gasteiger partial charge >= 0.3 is 6.18 Å². The molecule has 3 heterocycles. The molecule has 1 atom stereocenters. The van der Waals surface area contributed by atoms with Crippen molar-refractivity contribution < 1.29 is 13.2 Å². The topological polar surface area (TPSA) is 70.9 Å². The molecule has 2 N–H and O–H groups in total. The average Bonchev–Trinajstić information content (AvgIpc) is 3.40. The van der Waals surface area contributed by atoms with Crippen molar-refractivity contribution in [3.8, 4) is 28.5 Å². The number of aryl methyl sites for hydroxylation is 1. The third-order valence-corrected chi connectivity index (χ3v) is 6.68. The van der Waals surface area contributed by atoms with Gasteiger partial charge in [0.25, 0.3) is 0 Å². The van der Waals surface area contributed by atoms with E-state index in [1.54, 1.807) is 18.3 Å². The van der Waals surface area contributed by atoms with Gasteiger partial charge in [-0.3, -0.25) is 9.88 Å². The molecule has 2 aromatic carbocycles. The molecule has 0 unspecified atom stereocenters. The fraction of sp³-hybridized carbons (Fsp3) is 0.259. The van der Waals surface area contributed by atoms with Crippen molar-refractivity contribution in [3.05, 3.63) is 77.6 Å². The van der Waals surface area contributed by atoms with E-state index in [9.17, 15) is 18.4 Å². The first-order chi connectivity index (χ1) is 16.7. The van der Waals surface area contributed by atoms with Gasteiger partial charge in [-0.05, 0) is 42.3 Å². The largest absolute Gasteiger partial charge is 0.416 e. The van der Waals surface area contributed by atoms with E-state index in [1.165, 1.54) is 12.1 Å². The molecule has 178 valence electrons. The zero-order valence-corrected chi connectivity index (χ0v) is 19.2. The number of halogens is 3. The minimum absolute atomic E-state index is 0.187. The van der Waals surface area contributed by atoms with Crippen LogP contribution in [0.15, 0.2) is 60.8 Å². The number of likely N-dealkylation sites (tertiary alicyclic amines) is 1. The molecule has 1 fully saturated rings. The lowest BCUT2D eigenvalue weighted by molar-refractivity contribution is -0.137. The Hall–Kier alpha value is -3.67. The first-order valence-corrected chi connectivity index (χ1v) is 11.4. The van der Waals surface area contributed by atoms with Gasteiger partial charge in [0.1, 0.15) is 0 Å². The van der Waals surface area contributed by atoms with Crippen molar-refractivity contribution in [2.24, 2.45) is 12.8 Å². The molecule has 0 saturated carbocycles. The lowest BCUT2D eigenvalue weighted by Gasteiger charge is -2.15. The molecule has 0 bridgehead atoms. The van der Waals surface area contributed by atoms with E-state index in [0.29, 0.717) is 16.8 Å². The van der Waals surface area contributed by atoms with E-state index in [-0.39, 0.29) is 6.04 Å². The quantitative estimate of drug-likeness (QED) is 0.433. The number of nitriles is 1. The van der Waals surface area contributed by atoms with E-state index in [2.05, 4.69) is 21.6 Å². The maximum Gasteiger partial charge on any atom is 0.416 e. The molecule has 0 aliphatic carbocycles. The number of nitrogens with zero attached hydrogens (tertiary/aromatic N) is 4. The number of nitrogens with two attached hydrogens (primary N) is 1. The molecule has 35 heavy (non-hydrogen) atoms. The Morgan fingerprint density at radius 1 is 1.09 bits per heavy atom. The highest BCUT2D eigenvalue weighted by molar-refractivity contribution is 6.02. The summed E-state index contributed by atoms with van der Waals surface area (Å²) in [6, 6.07) is 16.7. The Bertz CT molecular complexity index is 1410. The summed E-state index contributed by atoms with van der Waals surface area (Å²) >= 11 is 0. The normalized spacial score (nSPS) is 16.6. The van der Waals surface area contributed by atoms with Crippen LogP contribution in [0.4, 0.5) is 13.2 Å². The zero-order chi connectivity index (χ0) is 24.7. The predicted molar refractivity (Wildman–Crippen MR) is 129 cm³/mol. The molecule has 1 aliphatic heterocycles. The second-order valence-electron chi connectivity index (χ2n) is 9.02. The Morgan fingerprint density at radius 3 is 2.37 bits per heavy atom. The summed E-state index contributed by atoms with van der Waals surface area (Å²) in [7, 11) is 2.00. The van der Waals surface area contributed by atoms with Crippen LogP contribution in [0.1, 0.15) is 23.2 Å². The number of fused-ring (bicyclic) bond motifs is 1.